The van der Waals surface area contributed by atoms with Gasteiger partial charge in [0.05, 0.1) is 12.0 Å². The first-order valence-corrected chi connectivity index (χ1v) is 7.90. The van der Waals surface area contributed by atoms with Gasteiger partial charge in [0.15, 0.2) is 0 Å². The summed E-state index contributed by atoms with van der Waals surface area (Å²) in [4.78, 5) is 10.6. The minimum Gasteiger partial charge on any atom is -0.481 e. The average Bonchev–Trinajstić information content (AvgIpc) is 2.48. The van der Waals surface area contributed by atoms with Crippen LogP contribution in [0.2, 0.25) is 5.02 Å². The van der Waals surface area contributed by atoms with Gasteiger partial charge in [-0.2, -0.15) is 5.26 Å². The van der Waals surface area contributed by atoms with Crippen LogP contribution in [-0.4, -0.2) is 11.1 Å². The van der Waals surface area contributed by atoms with Gasteiger partial charge in [-0.05, 0) is 42.4 Å². The molecule has 0 aromatic heterocycles. The predicted molar refractivity (Wildman–Crippen MR) is 82.5 cm³/mol. The SMILES string of the molecule is N#CC(CCC(=O)O)c1ccc(C2CCCCC2)c(Cl)c1. The monoisotopic (exact) mass is 305 g/mol. The molecule has 1 N–H and O–H groups in total. The maximum Gasteiger partial charge on any atom is 0.303 e. The van der Waals surface area contributed by atoms with E-state index in [2.05, 4.69) is 6.07 Å². The first kappa shape index (κ1) is 15.9. The summed E-state index contributed by atoms with van der Waals surface area (Å²) in [5.74, 6) is -0.751. The van der Waals surface area contributed by atoms with Gasteiger partial charge in [-0.15, -0.1) is 0 Å². The van der Waals surface area contributed by atoms with Gasteiger partial charge < -0.3 is 5.11 Å². The maximum absolute atomic E-state index is 10.6. The van der Waals surface area contributed by atoms with Crippen LogP contribution in [0.25, 0.3) is 0 Å². The third-order valence-electron chi connectivity index (χ3n) is 4.27. The number of aliphatic carboxylic acids is 1. The molecule has 1 aromatic rings. The molecule has 0 radical (unpaired) electrons. The van der Waals surface area contributed by atoms with Crippen molar-refractivity contribution < 1.29 is 9.90 Å². The van der Waals surface area contributed by atoms with Gasteiger partial charge in [0, 0.05) is 11.4 Å². The molecule has 0 amide bonds. The summed E-state index contributed by atoms with van der Waals surface area (Å²) in [6.07, 6.45) is 6.49. The molecule has 112 valence electrons. The van der Waals surface area contributed by atoms with Crippen LogP contribution in [-0.2, 0) is 4.79 Å². The molecule has 0 heterocycles. The summed E-state index contributed by atoms with van der Waals surface area (Å²) in [5.41, 5.74) is 2.00. The Balaban J connectivity index is 2.13. The van der Waals surface area contributed by atoms with Crippen molar-refractivity contribution in [3.63, 3.8) is 0 Å². The lowest BCUT2D eigenvalue weighted by Gasteiger charge is -2.23. The lowest BCUT2D eigenvalue weighted by atomic mass is 9.83. The zero-order chi connectivity index (χ0) is 15.2. The van der Waals surface area contributed by atoms with E-state index in [-0.39, 0.29) is 6.42 Å². The predicted octanol–water partition coefficient (Wildman–Crippen LogP) is 4.86. The Morgan fingerprint density at radius 1 is 1.38 bits per heavy atom. The molecule has 1 unspecified atom stereocenters. The van der Waals surface area contributed by atoms with Crippen LogP contribution in [0.3, 0.4) is 0 Å². The van der Waals surface area contributed by atoms with E-state index in [4.69, 9.17) is 16.7 Å². The number of nitriles is 1. The van der Waals surface area contributed by atoms with Gasteiger partial charge in [-0.25, -0.2) is 0 Å². The minimum absolute atomic E-state index is 0.000220. The first-order chi connectivity index (χ1) is 10.1. The molecule has 1 fully saturated rings. The Labute approximate surface area is 130 Å². The fourth-order valence-electron chi connectivity index (χ4n) is 3.08. The normalized spacial score (nSPS) is 17.1. The lowest BCUT2D eigenvalue weighted by Crippen LogP contribution is -2.06. The second-order valence-electron chi connectivity index (χ2n) is 5.73. The van der Waals surface area contributed by atoms with Crippen LogP contribution < -0.4 is 0 Å². The highest BCUT2D eigenvalue weighted by atomic mass is 35.5. The molecule has 1 aromatic carbocycles. The second-order valence-corrected chi connectivity index (χ2v) is 6.14. The van der Waals surface area contributed by atoms with Crippen molar-refractivity contribution in [3.8, 4) is 6.07 Å². The van der Waals surface area contributed by atoms with E-state index in [1.165, 1.54) is 37.7 Å². The van der Waals surface area contributed by atoms with E-state index in [0.29, 0.717) is 12.3 Å². The Kier molecular flexibility index (Phi) is 5.64. The summed E-state index contributed by atoms with van der Waals surface area (Å²) in [6.45, 7) is 0. The van der Waals surface area contributed by atoms with Gasteiger partial charge in [0.25, 0.3) is 0 Å². The molecule has 3 nitrogen and oxygen atoms in total. The molecule has 0 bridgehead atoms. The Morgan fingerprint density at radius 3 is 2.67 bits per heavy atom. The van der Waals surface area contributed by atoms with Crippen LogP contribution in [0, 0.1) is 11.3 Å². The number of carbonyl (C=O) groups is 1. The van der Waals surface area contributed by atoms with Crippen molar-refractivity contribution >= 4 is 17.6 Å². The van der Waals surface area contributed by atoms with Crippen molar-refractivity contribution in [2.24, 2.45) is 0 Å². The summed E-state index contributed by atoms with van der Waals surface area (Å²) in [7, 11) is 0. The molecular weight excluding hydrogens is 286 g/mol. The van der Waals surface area contributed by atoms with E-state index < -0.39 is 11.9 Å². The Morgan fingerprint density at radius 2 is 2.10 bits per heavy atom. The van der Waals surface area contributed by atoms with Crippen molar-refractivity contribution in [3.05, 3.63) is 34.3 Å². The summed E-state index contributed by atoms with van der Waals surface area (Å²) in [6, 6.07) is 7.99. The smallest absolute Gasteiger partial charge is 0.303 e. The molecule has 1 aliphatic rings. The molecule has 21 heavy (non-hydrogen) atoms. The van der Waals surface area contributed by atoms with Crippen molar-refractivity contribution in [2.45, 2.75) is 56.8 Å². The zero-order valence-electron chi connectivity index (χ0n) is 12.0. The van der Waals surface area contributed by atoms with Crippen molar-refractivity contribution in [2.75, 3.05) is 0 Å². The molecule has 1 saturated carbocycles. The number of halogens is 1. The number of hydrogen-bond acceptors (Lipinski definition) is 2. The molecule has 1 aliphatic carbocycles. The molecule has 4 heteroatoms. The molecule has 0 saturated heterocycles. The van der Waals surface area contributed by atoms with Crippen molar-refractivity contribution in [1.82, 2.24) is 0 Å². The number of carboxylic acid groups (broad SMARTS) is 1. The van der Waals surface area contributed by atoms with Crippen LogP contribution >= 0.6 is 11.6 Å². The fraction of sp³-hybridized carbons (Fsp3) is 0.529. The second kappa shape index (κ2) is 7.47. The third kappa shape index (κ3) is 4.22. The Hall–Kier alpha value is -1.53. The largest absolute Gasteiger partial charge is 0.481 e. The van der Waals surface area contributed by atoms with Gasteiger partial charge in [0.1, 0.15) is 0 Å². The third-order valence-corrected chi connectivity index (χ3v) is 4.60. The molecule has 0 spiro atoms. The van der Waals surface area contributed by atoms with E-state index in [9.17, 15) is 10.1 Å². The van der Waals surface area contributed by atoms with Crippen LogP contribution in [0.5, 0.6) is 0 Å². The van der Waals surface area contributed by atoms with Gasteiger partial charge >= 0.3 is 5.97 Å². The lowest BCUT2D eigenvalue weighted by molar-refractivity contribution is -0.137. The fourth-order valence-corrected chi connectivity index (χ4v) is 3.42. The summed E-state index contributed by atoms with van der Waals surface area (Å²) in [5, 5.41) is 18.7. The standard InChI is InChI=1S/C17H20ClNO2/c18-16-10-13(14(11-19)7-9-17(20)21)6-8-15(16)12-4-2-1-3-5-12/h6,8,10,12,14H,1-5,7,9H2,(H,20,21). The highest BCUT2D eigenvalue weighted by Gasteiger charge is 2.20. The summed E-state index contributed by atoms with van der Waals surface area (Å²) < 4.78 is 0. The number of benzene rings is 1. The highest BCUT2D eigenvalue weighted by molar-refractivity contribution is 6.31. The van der Waals surface area contributed by atoms with Gasteiger partial charge in [-0.1, -0.05) is 43.0 Å². The molecule has 1 atom stereocenters. The number of rotatable bonds is 5. The van der Waals surface area contributed by atoms with Gasteiger partial charge in [-0.3, -0.25) is 4.79 Å². The van der Waals surface area contributed by atoms with Crippen LogP contribution in [0.4, 0.5) is 0 Å². The maximum atomic E-state index is 10.6. The quantitative estimate of drug-likeness (QED) is 0.845. The zero-order valence-corrected chi connectivity index (χ0v) is 12.8. The van der Waals surface area contributed by atoms with E-state index in [0.717, 1.165) is 10.6 Å². The van der Waals surface area contributed by atoms with Crippen LogP contribution in [0.1, 0.15) is 67.9 Å². The highest BCUT2D eigenvalue weighted by Crippen LogP contribution is 2.37. The number of carboxylic acids is 1. The van der Waals surface area contributed by atoms with E-state index in [1.807, 2.05) is 18.2 Å². The molecule has 0 aliphatic heterocycles. The molecule has 2 rings (SSSR count). The van der Waals surface area contributed by atoms with Gasteiger partial charge in [0.2, 0.25) is 0 Å². The number of hydrogen-bond donors (Lipinski definition) is 1. The average molecular weight is 306 g/mol. The minimum atomic E-state index is -0.875. The van der Waals surface area contributed by atoms with E-state index in [1.54, 1.807) is 0 Å². The topological polar surface area (TPSA) is 61.1 Å². The van der Waals surface area contributed by atoms with Crippen LogP contribution in [0.15, 0.2) is 18.2 Å². The number of nitrogens with zero attached hydrogens (tertiary/aromatic N) is 1. The molecular formula is C17H20ClNO2. The summed E-state index contributed by atoms with van der Waals surface area (Å²) >= 11 is 6.40. The van der Waals surface area contributed by atoms with Crippen molar-refractivity contribution in [1.29, 1.82) is 5.26 Å². The van der Waals surface area contributed by atoms with E-state index >= 15 is 0 Å². The first-order valence-electron chi connectivity index (χ1n) is 7.52. The Bertz CT molecular complexity index is 544.